The summed E-state index contributed by atoms with van der Waals surface area (Å²) in [5.41, 5.74) is 3.13. The smallest absolute Gasteiger partial charge is 0.242 e. The van der Waals surface area contributed by atoms with E-state index < -0.39 is 0 Å². The van der Waals surface area contributed by atoms with E-state index in [0.29, 0.717) is 6.54 Å². The first-order valence-electron chi connectivity index (χ1n) is 10.9. The number of carbonyl (C=O) groups is 1. The molecule has 0 radical (unpaired) electrons. The summed E-state index contributed by atoms with van der Waals surface area (Å²) >= 11 is 0. The highest BCUT2D eigenvalue weighted by Gasteiger charge is 2.23. The summed E-state index contributed by atoms with van der Waals surface area (Å²) in [4.78, 5) is 19.9. The number of nitrogens with zero attached hydrogens (tertiary/aromatic N) is 3. The van der Waals surface area contributed by atoms with Crippen LogP contribution in [0.15, 0.2) is 60.7 Å². The van der Waals surface area contributed by atoms with Gasteiger partial charge in [0.1, 0.15) is 18.1 Å². The van der Waals surface area contributed by atoms with Crippen molar-refractivity contribution in [2.24, 2.45) is 0 Å². The van der Waals surface area contributed by atoms with Crippen LogP contribution in [0, 0.1) is 0 Å². The predicted molar refractivity (Wildman–Crippen MR) is 124 cm³/mol. The molecule has 0 spiro atoms. The van der Waals surface area contributed by atoms with E-state index >= 15 is 0 Å². The summed E-state index contributed by atoms with van der Waals surface area (Å²) in [5, 5.41) is 2.31. The normalized spacial score (nSPS) is 15.0. The number of ether oxygens (including phenoxy) is 1. The molecule has 1 amide bonds. The number of hydrogen-bond acceptors (Lipinski definition) is 3. The third-order valence-corrected chi connectivity index (χ3v) is 6.39. The number of aromatic nitrogens is 2. The molecule has 1 saturated heterocycles. The van der Waals surface area contributed by atoms with E-state index in [1.54, 1.807) is 7.11 Å². The molecule has 1 aliphatic heterocycles. The Morgan fingerprint density at radius 2 is 1.77 bits per heavy atom. The molecule has 5 rings (SSSR count). The number of methoxy groups -OCH3 is 1. The lowest BCUT2D eigenvalue weighted by Gasteiger charge is -2.19. The molecular weight excluding hydrogens is 386 g/mol. The van der Waals surface area contributed by atoms with Gasteiger partial charge < -0.3 is 14.2 Å². The Hall–Kier alpha value is -3.34. The molecule has 1 fully saturated rings. The van der Waals surface area contributed by atoms with Crippen LogP contribution in [0.4, 0.5) is 0 Å². The second-order valence-corrected chi connectivity index (χ2v) is 8.33. The average Bonchev–Trinajstić information content (AvgIpc) is 3.47. The van der Waals surface area contributed by atoms with Crippen LogP contribution in [0.1, 0.15) is 37.1 Å². The van der Waals surface area contributed by atoms with Crippen molar-refractivity contribution < 1.29 is 9.53 Å². The van der Waals surface area contributed by atoms with Gasteiger partial charge in [0, 0.05) is 19.0 Å². The van der Waals surface area contributed by atoms with Crippen molar-refractivity contribution in [1.29, 1.82) is 0 Å². The molecule has 0 bridgehead atoms. The summed E-state index contributed by atoms with van der Waals surface area (Å²) in [5.74, 6) is 2.03. The topological polar surface area (TPSA) is 47.4 Å². The molecule has 0 N–H and O–H groups in total. The molecule has 4 aromatic rings. The van der Waals surface area contributed by atoms with Gasteiger partial charge in [-0.2, -0.15) is 0 Å². The molecular formula is C26H27N3O2. The molecule has 2 heterocycles. The van der Waals surface area contributed by atoms with Gasteiger partial charge in [0.05, 0.1) is 18.1 Å². The Morgan fingerprint density at radius 3 is 2.58 bits per heavy atom. The SMILES string of the molecule is COc1ccc2cc(C(C)c3nc4ccccc4n3CC(=O)N3CCCC3)ccc2c1. The van der Waals surface area contributed by atoms with Crippen molar-refractivity contribution in [1.82, 2.24) is 14.5 Å². The zero-order valence-corrected chi connectivity index (χ0v) is 18.0. The Morgan fingerprint density at radius 1 is 1.03 bits per heavy atom. The fourth-order valence-corrected chi connectivity index (χ4v) is 4.58. The standard InChI is InChI=1S/C26H27N3O2/c1-18(19-9-10-21-16-22(31-2)12-11-20(21)15-19)26-27-23-7-3-4-8-24(23)29(26)17-25(30)28-13-5-6-14-28/h3-4,7-12,15-16,18H,5-6,13-14,17H2,1-2H3. The zero-order valence-electron chi connectivity index (χ0n) is 18.0. The predicted octanol–water partition coefficient (Wildman–Crippen LogP) is 4.97. The lowest BCUT2D eigenvalue weighted by molar-refractivity contribution is -0.130. The first-order valence-corrected chi connectivity index (χ1v) is 10.9. The van der Waals surface area contributed by atoms with Crippen molar-refractivity contribution in [2.45, 2.75) is 32.2 Å². The summed E-state index contributed by atoms with van der Waals surface area (Å²) in [6.07, 6.45) is 2.20. The molecule has 0 aliphatic carbocycles. The molecule has 0 saturated carbocycles. The molecule has 1 aromatic heterocycles. The number of likely N-dealkylation sites (tertiary alicyclic amines) is 1. The van der Waals surface area contributed by atoms with Crippen molar-refractivity contribution in [2.75, 3.05) is 20.2 Å². The van der Waals surface area contributed by atoms with Crippen molar-refractivity contribution in [3.63, 3.8) is 0 Å². The van der Waals surface area contributed by atoms with Gasteiger partial charge in [0.2, 0.25) is 5.91 Å². The first kappa shape index (κ1) is 19.6. The molecule has 1 atom stereocenters. The van der Waals surface area contributed by atoms with Gasteiger partial charge in [-0.05, 0) is 53.4 Å². The number of benzene rings is 3. The summed E-state index contributed by atoms with van der Waals surface area (Å²) in [6.45, 7) is 4.24. The van der Waals surface area contributed by atoms with Crippen LogP contribution in [-0.4, -0.2) is 40.6 Å². The van der Waals surface area contributed by atoms with Crippen molar-refractivity contribution in [3.05, 3.63) is 72.1 Å². The number of rotatable bonds is 5. The summed E-state index contributed by atoms with van der Waals surface area (Å²) in [7, 11) is 1.69. The number of hydrogen-bond donors (Lipinski definition) is 0. The third kappa shape index (κ3) is 3.65. The highest BCUT2D eigenvalue weighted by atomic mass is 16.5. The van der Waals surface area contributed by atoms with Gasteiger partial charge in [-0.3, -0.25) is 4.79 Å². The maximum atomic E-state index is 13.0. The van der Waals surface area contributed by atoms with Crippen molar-refractivity contribution in [3.8, 4) is 5.75 Å². The lowest BCUT2D eigenvalue weighted by atomic mass is 9.97. The largest absolute Gasteiger partial charge is 0.497 e. The number of carbonyl (C=O) groups excluding carboxylic acids is 1. The Bertz CT molecular complexity index is 1250. The van der Waals surface area contributed by atoms with Crippen LogP contribution >= 0.6 is 0 Å². The van der Waals surface area contributed by atoms with Gasteiger partial charge >= 0.3 is 0 Å². The molecule has 3 aromatic carbocycles. The quantitative estimate of drug-likeness (QED) is 0.464. The molecule has 158 valence electrons. The van der Waals surface area contributed by atoms with Crippen LogP contribution in [0.5, 0.6) is 5.75 Å². The van der Waals surface area contributed by atoms with E-state index in [0.717, 1.165) is 53.9 Å². The van der Waals surface area contributed by atoms with Gasteiger partial charge in [-0.25, -0.2) is 4.98 Å². The minimum Gasteiger partial charge on any atom is -0.497 e. The Balaban J connectivity index is 1.54. The van der Waals surface area contributed by atoms with Crippen molar-refractivity contribution >= 4 is 27.7 Å². The van der Waals surface area contributed by atoms with E-state index in [-0.39, 0.29) is 11.8 Å². The van der Waals surface area contributed by atoms with Crippen LogP contribution < -0.4 is 4.74 Å². The first-order chi connectivity index (χ1) is 15.1. The molecule has 5 nitrogen and oxygen atoms in total. The van der Waals surface area contributed by atoms with Crippen LogP contribution in [0.25, 0.3) is 21.8 Å². The third-order valence-electron chi connectivity index (χ3n) is 6.39. The van der Waals surface area contributed by atoms with E-state index in [1.807, 2.05) is 35.2 Å². The minimum atomic E-state index is 0.0604. The van der Waals surface area contributed by atoms with Crippen LogP contribution in [0.3, 0.4) is 0 Å². The second kappa shape index (κ2) is 8.06. The maximum Gasteiger partial charge on any atom is 0.242 e. The minimum absolute atomic E-state index is 0.0604. The second-order valence-electron chi connectivity index (χ2n) is 8.33. The maximum absolute atomic E-state index is 13.0. The molecule has 5 heteroatoms. The number of fused-ring (bicyclic) bond motifs is 2. The van der Waals surface area contributed by atoms with E-state index in [4.69, 9.17) is 9.72 Å². The molecule has 31 heavy (non-hydrogen) atoms. The molecule has 1 unspecified atom stereocenters. The van der Waals surface area contributed by atoms with Gasteiger partial charge in [-0.1, -0.05) is 43.3 Å². The van der Waals surface area contributed by atoms with Gasteiger partial charge in [-0.15, -0.1) is 0 Å². The summed E-state index contributed by atoms with van der Waals surface area (Å²) < 4.78 is 7.46. The fourth-order valence-electron chi connectivity index (χ4n) is 4.58. The van der Waals surface area contributed by atoms with Crippen LogP contribution in [-0.2, 0) is 11.3 Å². The highest BCUT2D eigenvalue weighted by molar-refractivity contribution is 5.85. The number of amides is 1. The number of para-hydroxylation sites is 2. The summed E-state index contributed by atoms with van der Waals surface area (Å²) in [6, 6.07) is 20.7. The average molecular weight is 414 g/mol. The number of imidazole rings is 1. The Labute approximate surface area is 182 Å². The monoisotopic (exact) mass is 413 g/mol. The highest BCUT2D eigenvalue weighted by Crippen LogP contribution is 2.30. The van der Waals surface area contributed by atoms with Gasteiger partial charge in [0.25, 0.3) is 0 Å². The lowest BCUT2D eigenvalue weighted by Crippen LogP contribution is -2.31. The van der Waals surface area contributed by atoms with E-state index in [1.165, 1.54) is 10.9 Å². The Kier molecular flexibility index (Phi) is 5.10. The van der Waals surface area contributed by atoms with Gasteiger partial charge in [0.15, 0.2) is 0 Å². The molecule has 1 aliphatic rings. The van der Waals surface area contributed by atoms with E-state index in [2.05, 4.69) is 41.8 Å². The van der Waals surface area contributed by atoms with E-state index in [9.17, 15) is 4.79 Å². The fraction of sp³-hybridized carbons (Fsp3) is 0.308. The van der Waals surface area contributed by atoms with Crippen LogP contribution in [0.2, 0.25) is 0 Å². The zero-order chi connectivity index (χ0) is 21.4.